The predicted octanol–water partition coefficient (Wildman–Crippen LogP) is 3.61. The van der Waals surface area contributed by atoms with E-state index < -0.39 is 15.3 Å². The highest BCUT2D eigenvalue weighted by molar-refractivity contribution is 7.91. The van der Waals surface area contributed by atoms with Crippen molar-refractivity contribution in [3.8, 4) is 0 Å². The van der Waals surface area contributed by atoms with Crippen LogP contribution in [0, 0.1) is 6.92 Å². The number of benzene rings is 1. The first-order chi connectivity index (χ1) is 10.5. The van der Waals surface area contributed by atoms with Crippen LogP contribution in [0.2, 0.25) is 0 Å². The topological polar surface area (TPSA) is 66.7 Å². The van der Waals surface area contributed by atoms with E-state index in [0.29, 0.717) is 16.0 Å². The van der Waals surface area contributed by atoms with E-state index in [9.17, 15) is 13.5 Å². The van der Waals surface area contributed by atoms with Gasteiger partial charge in [0.1, 0.15) is 0 Å². The van der Waals surface area contributed by atoms with Crippen molar-refractivity contribution >= 4 is 21.6 Å². The number of aliphatic hydroxyl groups excluding tert-OH is 1. The molecule has 0 atom stereocenters. The zero-order valence-corrected chi connectivity index (χ0v) is 15.1. The molecule has 1 aliphatic rings. The smallest absolute Gasteiger partial charge is 0.179 e. The number of fused-ring (bicyclic) bond motifs is 1. The molecule has 0 unspecified atom stereocenters. The maximum atomic E-state index is 12.4. The van der Waals surface area contributed by atoms with E-state index in [0.717, 1.165) is 16.7 Å². The molecule has 1 heterocycles. The lowest BCUT2D eigenvalue weighted by Gasteiger charge is -2.22. The van der Waals surface area contributed by atoms with Crippen LogP contribution >= 0.6 is 0 Å². The van der Waals surface area contributed by atoms with E-state index >= 15 is 0 Å². The zero-order valence-electron chi connectivity index (χ0n) is 14.3. The Bertz CT molecular complexity index is 839. The van der Waals surface area contributed by atoms with Crippen molar-refractivity contribution in [1.29, 1.82) is 0 Å². The second-order valence-corrected chi connectivity index (χ2v) is 8.58. The van der Waals surface area contributed by atoms with Gasteiger partial charge in [-0.25, -0.2) is 8.42 Å². The molecular weight excluding hydrogens is 310 g/mol. The lowest BCUT2D eigenvalue weighted by molar-refractivity contribution is 0.412. The van der Waals surface area contributed by atoms with Gasteiger partial charge in [-0.15, -0.1) is 0 Å². The Morgan fingerprint density at radius 3 is 2.52 bits per heavy atom. The lowest BCUT2D eigenvalue weighted by atomic mass is 9.81. The first-order valence-electron chi connectivity index (χ1n) is 7.41. The Morgan fingerprint density at radius 1 is 1.39 bits per heavy atom. The van der Waals surface area contributed by atoms with Crippen LogP contribution in [0.1, 0.15) is 37.5 Å². The summed E-state index contributed by atoms with van der Waals surface area (Å²) in [6, 6.07) is 3.42. The summed E-state index contributed by atoms with van der Waals surface area (Å²) in [6.45, 7) is 11.5. The number of hydrogen-bond donors (Lipinski definition) is 1. The van der Waals surface area contributed by atoms with E-state index in [2.05, 4.69) is 11.6 Å². The molecule has 23 heavy (non-hydrogen) atoms. The van der Waals surface area contributed by atoms with Crippen molar-refractivity contribution in [1.82, 2.24) is 0 Å². The third-order valence-electron chi connectivity index (χ3n) is 4.29. The van der Waals surface area contributed by atoms with Crippen molar-refractivity contribution < 1.29 is 13.5 Å². The third-order valence-corrected chi connectivity index (χ3v) is 6.40. The van der Waals surface area contributed by atoms with Gasteiger partial charge in [-0.3, -0.25) is 4.99 Å². The molecule has 0 bridgehead atoms. The van der Waals surface area contributed by atoms with Crippen LogP contribution in [0.5, 0.6) is 0 Å². The first kappa shape index (κ1) is 17.5. The highest BCUT2D eigenvalue weighted by Gasteiger charge is 2.42. The summed E-state index contributed by atoms with van der Waals surface area (Å²) in [5.74, 6) is 0.247. The number of allylic oxidation sites excluding steroid dienone is 3. The summed E-state index contributed by atoms with van der Waals surface area (Å²) >= 11 is 0. The average molecular weight is 333 g/mol. The Morgan fingerprint density at radius 2 is 2.00 bits per heavy atom. The summed E-state index contributed by atoms with van der Waals surface area (Å²) < 4.78 is 24.7. The first-order valence-corrected chi connectivity index (χ1v) is 9.06. The van der Waals surface area contributed by atoms with Crippen molar-refractivity contribution in [3.05, 3.63) is 46.7 Å². The quantitative estimate of drug-likeness (QED) is 0.522. The molecule has 0 saturated heterocycles. The number of nitrogens with zero attached hydrogens (tertiary/aromatic N) is 1. The van der Waals surface area contributed by atoms with Gasteiger partial charge in [0.2, 0.25) is 0 Å². The van der Waals surface area contributed by atoms with Gasteiger partial charge in [0, 0.05) is 24.3 Å². The summed E-state index contributed by atoms with van der Waals surface area (Å²) in [6.07, 6.45) is 1.56. The van der Waals surface area contributed by atoms with Gasteiger partial charge in [0.05, 0.1) is 16.4 Å². The normalized spacial score (nSPS) is 19.5. The summed E-state index contributed by atoms with van der Waals surface area (Å²) in [4.78, 5) is 4.37. The molecule has 5 heteroatoms. The molecule has 2 rings (SSSR count). The van der Waals surface area contributed by atoms with Crippen LogP contribution < -0.4 is 0 Å². The van der Waals surface area contributed by atoms with Crippen LogP contribution in [0.4, 0.5) is 0 Å². The van der Waals surface area contributed by atoms with Gasteiger partial charge < -0.3 is 5.11 Å². The van der Waals surface area contributed by atoms with Crippen LogP contribution in [0.25, 0.3) is 5.57 Å². The van der Waals surface area contributed by atoms with Crippen LogP contribution in [0.15, 0.2) is 39.9 Å². The van der Waals surface area contributed by atoms with Gasteiger partial charge in [0.25, 0.3) is 0 Å². The van der Waals surface area contributed by atoms with E-state index in [4.69, 9.17) is 0 Å². The number of hydrogen-bond acceptors (Lipinski definition) is 4. The average Bonchev–Trinajstić information content (AvgIpc) is 2.61. The molecule has 1 aromatic rings. The van der Waals surface area contributed by atoms with Crippen LogP contribution in [-0.4, -0.2) is 32.5 Å². The number of aliphatic imine (C=N–C) groups is 1. The van der Waals surface area contributed by atoms with E-state index in [-0.39, 0.29) is 11.5 Å². The Balaban J connectivity index is 2.71. The number of aliphatic hydroxyl groups is 1. The molecule has 0 aliphatic carbocycles. The maximum absolute atomic E-state index is 12.4. The van der Waals surface area contributed by atoms with Gasteiger partial charge in [-0.05, 0) is 42.2 Å². The standard InChI is InChI=1S/C18H23NO3S/c1-11(15(9-19-6)13(3)20)14-7-8-16-17(12(14)2)18(4,5)10-23(16,21)22/h7-9,20H,1,10H2,2-6H3/b15-13-,19-9-. The highest BCUT2D eigenvalue weighted by atomic mass is 32.2. The van der Waals surface area contributed by atoms with E-state index in [1.165, 1.54) is 0 Å². The van der Waals surface area contributed by atoms with E-state index in [1.54, 1.807) is 32.3 Å². The second-order valence-electron chi connectivity index (χ2n) is 6.62. The molecule has 1 N–H and O–H groups in total. The van der Waals surface area contributed by atoms with Gasteiger partial charge in [-0.2, -0.15) is 0 Å². The molecule has 0 saturated carbocycles. The third kappa shape index (κ3) is 2.85. The molecule has 1 aromatic carbocycles. The summed E-state index contributed by atoms with van der Waals surface area (Å²) in [5.41, 5.74) is 3.31. The molecule has 0 amide bonds. The summed E-state index contributed by atoms with van der Waals surface area (Å²) in [7, 11) is -1.62. The maximum Gasteiger partial charge on any atom is 0.179 e. The molecule has 0 aromatic heterocycles. The minimum Gasteiger partial charge on any atom is -0.512 e. The largest absolute Gasteiger partial charge is 0.512 e. The van der Waals surface area contributed by atoms with Gasteiger partial charge in [0.15, 0.2) is 9.84 Å². The molecule has 4 nitrogen and oxygen atoms in total. The molecule has 0 spiro atoms. The fraction of sp³-hybridized carbons (Fsp3) is 0.389. The Kier molecular flexibility index (Phi) is 4.28. The minimum atomic E-state index is -3.24. The lowest BCUT2D eigenvalue weighted by Crippen LogP contribution is -2.20. The Hall–Kier alpha value is -1.88. The SMILES string of the molecule is C=C(C(/C=N\C)=C(/C)O)c1ccc2c(c1C)C(C)(C)CS2(=O)=O. The molecule has 124 valence electrons. The zero-order chi connectivity index (χ0) is 17.6. The van der Waals surface area contributed by atoms with Crippen LogP contribution in [-0.2, 0) is 15.3 Å². The Labute approximate surface area is 138 Å². The van der Waals surface area contributed by atoms with Gasteiger partial charge >= 0.3 is 0 Å². The molecule has 1 aliphatic heterocycles. The summed E-state index contributed by atoms with van der Waals surface area (Å²) in [5, 5.41) is 9.88. The molecule has 0 radical (unpaired) electrons. The highest BCUT2D eigenvalue weighted by Crippen LogP contribution is 2.43. The number of rotatable bonds is 3. The van der Waals surface area contributed by atoms with E-state index in [1.807, 2.05) is 20.8 Å². The van der Waals surface area contributed by atoms with Gasteiger partial charge in [-0.1, -0.05) is 26.5 Å². The second kappa shape index (κ2) is 5.64. The monoisotopic (exact) mass is 333 g/mol. The van der Waals surface area contributed by atoms with Crippen LogP contribution in [0.3, 0.4) is 0 Å². The van der Waals surface area contributed by atoms with Crippen molar-refractivity contribution in [2.45, 2.75) is 38.0 Å². The fourth-order valence-electron chi connectivity index (χ4n) is 3.40. The van der Waals surface area contributed by atoms with Crippen molar-refractivity contribution in [2.24, 2.45) is 4.99 Å². The molecular formula is C18H23NO3S. The predicted molar refractivity (Wildman–Crippen MR) is 95.0 cm³/mol. The number of sulfone groups is 1. The molecule has 0 fully saturated rings. The fourth-order valence-corrected chi connectivity index (χ4v) is 5.67. The minimum absolute atomic E-state index is 0.115. The van der Waals surface area contributed by atoms with Crippen molar-refractivity contribution in [2.75, 3.05) is 12.8 Å². The van der Waals surface area contributed by atoms with Crippen molar-refractivity contribution in [3.63, 3.8) is 0 Å².